The summed E-state index contributed by atoms with van der Waals surface area (Å²) in [5.74, 6) is 0.191. The number of amides is 1. The number of rotatable bonds is 4. The van der Waals surface area contributed by atoms with Crippen LogP contribution in [0.2, 0.25) is 0 Å². The van der Waals surface area contributed by atoms with Crippen molar-refractivity contribution in [1.29, 1.82) is 0 Å². The molecule has 2 heterocycles. The zero-order valence-corrected chi connectivity index (χ0v) is 12.3. The van der Waals surface area contributed by atoms with E-state index in [0.717, 1.165) is 5.65 Å². The highest BCUT2D eigenvalue weighted by Gasteiger charge is 2.45. The van der Waals surface area contributed by atoms with Gasteiger partial charge in [-0.05, 0) is 36.1 Å². The smallest absolute Gasteiger partial charge is 0.224 e. The van der Waals surface area contributed by atoms with Gasteiger partial charge in [0.05, 0.1) is 6.54 Å². The number of carbonyl (C=O) groups is 1. The van der Waals surface area contributed by atoms with Crippen LogP contribution in [0.5, 0.6) is 0 Å². The molecule has 5 nitrogen and oxygen atoms in total. The average molecular weight is 310 g/mol. The van der Waals surface area contributed by atoms with Crippen LogP contribution < -0.4 is 5.32 Å². The Bertz CT molecular complexity index is 876. The highest BCUT2D eigenvalue weighted by atomic mass is 19.1. The molecule has 1 saturated carbocycles. The van der Waals surface area contributed by atoms with Gasteiger partial charge < -0.3 is 5.32 Å². The lowest BCUT2D eigenvalue weighted by Crippen LogP contribution is -2.26. The van der Waals surface area contributed by atoms with Gasteiger partial charge in [-0.15, -0.1) is 10.2 Å². The van der Waals surface area contributed by atoms with Crippen molar-refractivity contribution in [3.05, 3.63) is 65.9 Å². The van der Waals surface area contributed by atoms with Crippen LogP contribution >= 0.6 is 0 Å². The van der Waals surface area contributed by atoms with Crippen molar-refractivity contribution in [3.63, 3.8) is 0 Å². The Morgan fingerprint density at radius 3 is 2.91 bits per heavy atom. The SMILES string of the molecule is O=C(NCc1nnc2ccccn12)C1CC1c1ccccc1F. The molecule has 0 aliphatic heterocycles. The molecule has 1 amide bonds. The summed E-state index contributed by atoms with van der Waals surface area (Å²) >= 11 is 0. The van der Waals surface area contributed by atoms with Gasteiger partial charge in [0.25, 0.3) is 0 Å². The van der Waals surface area contributed by atoms with E-state index in [1.54, 1.807) is 18.2 Å². The Labute approximate surface area is 132 Å². The summed E-state index contributed by atoms with van der Waals surface area (Å²) in [5.41, 5.74) is 1.37. The third kappa shape index (κ3) is 2.56. The maximum absolute atomic E-state index is 13.7. The summed E-state index contributed by atoms with van der Waals surface area (Å²) in [6, 6.07) is 12.3. The summed E-state index contributed by atoms with van der Waals surface area (Å²) in [6.07, 6.45) is 2.55. The molecule has 6 heteroatoms. The van der Waals surface area contributed by atoms with Crippen molar-refractivity contribution >= 4 is 11.6 Å². The second kappa shape index (κ2) is 5.46. The molecule has 1 aliphatic carbocycles. The number of carbonyl (C=O) groups excluding carboxylic acids is 1. The molecule has 0 bridgehead atoms. The van der Waals surface area contributed by atoms with Crippen molar-refractivity contribution in [2.75, 3.05) is 0 Å². The molecule has 23 heavy (non-hydrogen) atoms. The highest BCUT2D eigenvalue weighted by molar-refractivity contribution is 5.82. The van der Waals surface area contributed by atoms with Gasteiger partial charge in [0.15, 0.2) is 11.5 Å². The van der Waals surface area contributed by atoms with Crippen LogP contribution in [-0.4, -0.2) is 20.5 Å². The van der Waals surface area contributed by atoms with Crippen LogP contribution in [0.4, 0.5) is 4.39 Å². The first-order chi connectivity index (χ1) is 11.2. The summed E-state index contributed by atoms with van der Waals surface area (Å²) in [5, 5.41) is 11.0. The first-order valence-electron chi connectivity index (χ1n) is 7.55. The third-order valence-electron chi connectivity index (χ3n) is 4.24. The lowest BCUT2D eigenvalue weighted by molar-refractivity contribution is -0.122. The van der Waals surface area contributed by atoms with E-state index in [4.69, 9.17) is 0 Å². The summed E-state index contributed by atoms with van der Waals surface area (Å²) in [4.78, 5) is 12.2. The maximum atomic E-state index is 13.7. The molecule has 4 rings (SSSR count). The van der Waals surface area contributed by atoms with Crippen molar-refractivity contribution in [2.24, 2.45) is 5.92 Å². The standard InChI is InChI=1S/C17H15FN4O/c18-14-6-2-1-5-11(14)12-9-13(12)17(23)19-10-16-21-20-15-7-3-4-8-22(15)16/h1-8,12-13H,9-10H2,(H,19,23). The van der Waals surface area contributed by atoms with E-state index in [1.807, 2.05) is 28.8 Å². The minimum absolute atomic E-state index is 0.0219. The number of nitrogens with one attached hydrogen (secondary N) is 1. The molecule has 2 unspecified atom stereocenters. The van der Waals surface area contributed by atoms with Crippen LogP contribution in [0.1, 0.15) is 23.7 Å². The number of aromatic nitrogens is 3. The van der Waals surface area contributed by atoms with Crippen molar-refractivity contribution < 1.29 is 9.18 Å². The lowest BCUT2D eigenvalue weighted by Gasteiger charge is -2.05. The highest BCUT2D eigenvalue weighted by Crippen LogP contribution is 2.48. The fraction of sp³-hybridized carbons (Fsp3) is 0.235. The molecule has 0 spiro atoms. The monoisotopic (exact) mass is 310 g/mol. The first-order valence-corrected chi connectivity index (χ1v) is 7.55. The number of fused-ring (bicyclic) bond motifs is 1. The van der Waals surface area contributed by atoms with Crippen molar-refractivity contribution in [3.8, 4) is 0 Å². The molecule has 0 saturated heterocycles. The predicted octanol–water partition coefficient (Wildman–Crippen LogP) is 2.29. The molecule has 1 aliphatic rings. The number of hydrogen-bond donors (Lipinski definition) is 1. The van der Waals surface area contributed by atoms with Gasteiger partial charge in [-0.1, -0.05) is 24.3 Å². The summed E-state index contributed by atoms with van der Waals surface area (Å²) in [7, 11) is 0. The third-order valence-corrected chi connectivity index (χ3v) is 4.24. The maximum Gasteiger partial charge on any atom is 0.224 e. The number of pyridine rings is 1. The Balaban J connectivity index is 1.41. The minimum Gasteiger partial charge on any atom is -0.349 e. The number of benzene rings is 1. The largest absolute Gasteiger partial charge is 0.349 e. The molecule has 116 valence electrons. The van der Waals surface area contributed by atoms with E-state index in [0.29, 0.717) is 24.4 Å². The van der Waals surface area contributed by atoms with Gasteiger partial charge in [0, 0.05) is 12.1 Å². The van der Waals surface area contributed by atoms with Crippen molar-refractivity contribution in [2.45, 2.75) is 18.9 Å². The van der Waals surface area contributed by atoms with Crippen LogP contribution in [0.3, 0.4) is 0 Å². The van der Waals surface area contributed by atoms with Crippen molar-refractivity contribution in [1.82, 2.24) is 19.9 Å². The summed E-state index contributed by atoms with van der Waals surface area (Å²) in [6.45, 7) is 0.310. The first kappa shape index (κ1) is 13.9. The molecule has 2 atom stereocenters. The fourth-order valence-electron chi connectivity index (χ4n) is 2.91. The van der Waals surface area contributed by atoms with E-state index in [9.17, 15) is 9.18 Å². The molecule has 3 aromatic rings. The average Bonchev–Trinajstić information content (AvgIpc) is 3.26. The fourth-order valence-corrected chi connectivity index (χ4v) is 2.91. The van der Waals surface area contributed by atoms with E-state index < -0.39 is 0 Å². The van der Waals surface area contributed by atoms with Gasteiger partial charge in [-0.25, -0.2) is 4.39 Å². The molecule has 2 aromatic heterocycles. The normalized spacial score (nSPS) is 19.7. The number of nitrogens with zero attached hydrogens (tertiary/aromatic N) is 3. The Kier molecular flexibility index (Phi) is 3.29. The Hall–Kier alpha value is -2.76. The van der Waals surface area contributed by atoms with Crippen LogP contribution in [0.25, 0.3) is 5.65 Å². The predicted molar refractivity (Wildman–Crippen MR) is 82.1 cm³/mol. The Morgan fingerprint density at radius 1 is 1.22 bits per heavy atom. The van der Waals surface area contributed by atoms with E-state index in [2.05, 4.69) is 15.5 Å². The van der Waals surface area contributed by atoms with E-state index in [1.165, 1.54) is 6.07 Å². The molecule has 1 fully saturated rings. The van der Waals surface area contributed by atoms with Gasteiger partial charge in [0.1, 0.15) is 5.82 Å². The van der Waals surface area contributed by atoms with Crippen LogP contribution in [0, 0.1) is 11.7 Å². The van der Waals surface area contributed by atoms with Gasteiger partial charge in [-0.2, -0.15) is 0 Å². The second-order valence-corrected chi connectivity index (χ2v) is 5.73. The van der Waals surface area contributed by atoms with Gasteiger partial charge >= 0.3 is 0 Å². The molecule has 1 N–H and O–H groups in total. The second-order valence-electron chi connectivity index (χ2n) is 5.73. The van der Waals surface area contributed by atoms with Crippen LogP contribution in [-0.2, 0) is 11.3 Å². The van der Waals surface area contributed by atoms with Crippen LogP contribution in [0.15, 0.2) is 48.7 Å². The van der Waals surface area contributed by atoms with E-state index >= 15 is 0 Å². The zero-order chi connectivity index (χ0) is 15.8. The molecular weight excluding hydrogens is 295 g/mol. The van der Waals surface area contributed by atoms with Gasteiger partial charge in [0.2, 0.25) is 5.91 Å². The quantitative estimate of drug-likeness (QED) is 0.804. The number of hydrogen-bond acceptors (Lipinski definition) is 3. The lowest BCUT2D eigenvalue weighted by atomic mass is 10.1. The molecular formula is C17H15FN4O. The van der Waals surface area contributed by atoms with E-state index in [-0.39, 0.29) is 23.6 Å². The minimum atomic E-state index is -0.240. The Morgan fingerprint density at radius 2 is 2.04 bits per heavy atom. The molecule has 1 aromatic carbocycles. The zero-order valence-electron chi connectivity index (χ0n) is 12.3. The molecule has 0 radical (unpaired) electrons. The topological polar surface area (TPSA) is 59.3 Å². The van der Waals surface area contributed by atoms with Gasteiger partial charge in [-0.3, -0.25) is 9.20 Å². The number of halogens is 1. The summed E-state index contributed by atoms with van der Waals surface area (Å²) < 4.78 is 15.6.